The molecule has 0 atom stereocenters. The standard InChI is InChI=1S/C30H29N3O4S/c1-3-37-26-15-13-25(14-16-26)33(38(35,36)27-17-7-21(2)8-18-27)20-29(34)32-31-19-24-12-11-23-10-9-22-5-4-6-28(24)30(22)23/h4-8,11-19H,3,9-10,20H2,1-2H3,(H,32,34)/b31-19-. The Hall–Kier alpha value is -4.17. The number of hydrogen-bond acceptors (Lipinski definition) is 5. The molecule has 0 saturated heterocycles. The first kappa shape index (κ1) is 25.5. The number of aryl methyl sites for hydroxylation is 3. The van der Waals surface area contributed by atoms with Crippen LogP contribution in [0.5, 0.6) is 5.75 Å². The van der Waals surface area contributed by atoms with Gasteiger partial charge in [0.1, 0.15) is 12.3 Å². The maximum absolute atomic E-state index is 13.6. The Labute approximate surface area is 222 Å². The summed E-state index contributed by atoms with van der Waals surface area (Å²) in [7, 11) is -4.02. The first-order valence-corrected chi connectivity index (χ1v) is 14.0. The minimum Gasteiger partial charge on any atom is -0.494 e. The minimum atomic E-state index is -4.02. The van der Waals surface area contributed by atoms with Crippen LogP contribution >= 0.6 is 0 Å². The maximum atomic E-state index is 13.6. The molecule has 1 aliphatic rings. The number of rotatable bonds is 9. The third-order valence-electron chi connectivity index (χ3n) is 6.64. The second-order valence-electron chi connectivity index (χ2n) is 9.20. The van der Waals surface area contributed by atoms with Crippen molar-refractivity contribution in [1.29, 1.82) is 0 Å². The summed E-state index contributed by atoms with van der Waals surface area (Å²) in [4.78, 5) is 13.0. The summed E-state index contributed by atoms with van der Waals surface area (Å²) in [6.45, 7) is 3.81. The zero-order chi connectivity index (χ0) is 26.7. The van der Waals surface area contributed by atoms with E-state index in [0.29, 0.717) is 18.0 Å². The molecule has 1 aliphatic carbocycles. The molecule has 0 aromatic heterocycles. The lowest BCUT2D eigenvalue weighted by atomic mass is 10.0. The van der Waals surface area contributed by atoms with Gasteiger partial charge in [-0.3, -0.25) is 9.10 Å². The van der Waals surface area contributed by atoms with Gasteiger partial charge in [-0.1, -0.05) is 48.0 Å². The Bertz CT molecular complexity index is 1600. The van der Waals surface area contributed by atoms with Crippen LogP contribution in [0.1, 0.15) is 29.2 Å². The summed E-state index contributed by atoms with van der Waals surface area (Å²) in [5, 5.41) is 6.51. The number of carbonyl (C=O) groups excluding carboxylic acids is 1. The predicted molar refractivity (Wildman–Crippen MR) is 150 cm³/mol. The van der Waals surface area contributed by atoms with E-state index in [-0.39, 0.29) is 4.90 Å². The van der Waals surface area contributed by atoms with Gasteiger partial charge >= 0.3 is 0 Å². The Kier molecular flexibility index (Phi) is 7.15. The van der Waals surface area contributed by atoms with Gasteiger partial charge in [-0.25, -0.2) is 13.8 Å². The normalized spacial score (nSPS) is 12.7. The molecule has 4 aromatic carbocycles. The summed E-state index contributed by atoms with van der Waals surface area (Å²) >= 11 is 0. The number of ether oxygens (including phenoxy) is 1. The van der Waals surface area contributed by atoms with Crippen LogP contribution in [-0.2, 0) is 27.7 Å². The molecule has 0 spiro atoms. The fourth-order valence-electron chi connectivity index (χ4n) is 4.75. The first-order chi connectivity index (χ1) is 18.4. The lowest BCUT2D eigenvalue weighted by Gasteiger charge is -2.24. The van der Waals surface area contributed by atoms with Crippen LogP contribution in [0.25, 0.3) is 10.8 Å². The summed E-state index contributed by atoms with van der Waals surface area (Å²) in [6.07, 6.45) is 3.66. The van der Waals surface area contributed by atoms with E-state index >= 15 is 0 Å². The van der Waals surface area contributed by atoms with Crippen molar-refractivity contribution < 1.29 is 17.9 Å². The molecular formula is C30H29N3O4S. The Morgan fingerprint density at radius 3 is 2.39 bits per heavy atom. The van der Waals surface area contributed by atoms with E-state index in [2.05, 4.69) is 28.7 Å². The fourth-order valence-corrected chi connectivity index (χ4v) is 6.17. The SMILES string of the molecule is CCOc1ccc(N(CC(=O)N/N=C\c2ccc3c4c(cccc24)CC3)S(=O)(=O)c2ccc(C)cc2)cc1. The summed E-state index contributed by atoms with van der Waals surface area (Å²) in [5.41, 5.74) is 7.33. The molecule has 0 fully saturated rings. The number of hydrogen-bond donors (Lipinski definition) is 1. The summed E-state index contributed by atoms with van der Waals surface area (Å²) in [5.74, 6) is 0.0556. The van der Waals surface area contributed by atoms with Crippen LogP contribution in [0.15, 0.2) is 88.9 Å². The van der Waals surface area contributed by atoms with Crippen LogP contribution in [0.4, 0.5) is 5.69 Å². The highest BCUT2D eigenvalue weighted by Crippen LogP contribution is 2.32. The Balaban J connectivity index is 1.38. The predicted octanol–water partition coefficient (Wildman–Crippen LogP) is 4.99. The van der Waals surface area contributed by atoms with Gasteiger partial charge in [0.05, 0.1) is 23.4 Å². The second-order valence-corrected chi connectivity index (χ2v) is 11.1. The van der Waals surface area contributed by atoms with Crippen LogP contribution in [0.3, 0.4) is 0 Å². The molecule has 4 aromatic rings. The zero-order valence-electron chi connectivity index (χ0n) is 21.3. The molecule has 0 bridgehead atoms. The van der Waals surface area contributed by atoms with Crippen LogP contribution in [0.2, 0.25) is 0 Å². The van der Waals surface area contributed by atoms with Crippen LogP contribution < -0.4 is 14.5 Å². The van der Waals surface area contributed by atoms with E-state index in [1.807, 2.05) is 26.0 Å². The van der Waals surface area contributed by atoms with Gasteiger partial charge < -0.3 is 4.74 Å². The Morgan fingerprint density at radius 1 is 0.974 bits per heavy atom. The minimum absolute atomic E-state index is 0.0983. The van der Waals surface area contributed by atoms with Crippen molar-refractivity contribution in [2.75, 3.05) is 17.5 Å². The molecule has 0 unspecified atom stereocenters. The topological polar surface area (TPSA) is 88.1 Å². The van der Waals surface area contributed by atoms with Gasteiger partial charge in [0, 0.05) is 5.56 Å². The third-order valence-corrected chi connectivity index (χ3v) is 8.42. The molecular weight excluding hydrogens is 498 g/mol. The van der Waals surface area contributed by atoms with E-state index in [1.165, 1.54) is 28.6 Å². The molecule has 8 heteroatoms. The second kappa shape index (κ2) is 10.7. The largest absolute Gasteiger partial charge is 0.494 e. The van der Waals surface area contributed by atoms with E-state index in [4.69, 9.17) is 4.74 Å². The average Bonchev–Trinajstić information content (AvgIpc) is 3.34. The molecule has 38 heavy (non-hydrogen) atoms. The summed E-state index contributed by atoms with van der Waals surface area (Å²) < 4.78 is 33.7. The van der Waals surface area contributed by atoms with E-state index in [9.17, 15) is 13.2 Å². The van der Waals surface area contributed by atoms with E-state index in [0.717, 1.165) is 33.7 Å². The van der Waals surface area contributed by atoms with Crippen molar-refractivity contribution in [2.24, 2.45) is 5.10 Å². The first-order valence-electron chi connectivity index (χ1n) is 12.5. The molecule has 0 heterocycles. The average molecular weight is 528 g/mol. The molecule has 0 radical (unpaired) electrons. The van der Waals surface area contributed by atoms with Crippen molar-refractivity contribution in [1.82, 2.24) is 5.43 Å². The van der Waals surface area contributed by atoms with Crippen molar-refractivity contribution in [3.05, 3.63) is 101 Å². The third kappa shape index (κ3) is 5.13. The molecule has 5 rings (SSSR count). The Morgan fingerprint density at radius 2 is 1.68 bits per heavy atom. The van der Waals surface area contributed by atoms with Gasteiger partial charge in [-0.15, -0.1) is 0 Å². The molecule has 7 nitrogen and oxygen atoms in total. The van der Waals surface area contributed by atoms with Crippen LogP contribution in [-0.4, -0.2) is 33.7 Å². The maximum Gasteiger partial charge on any atom is 0.264 e. The number of nitrogens with one attached hydrogen (secondary N) is 1. The van der Waals surface area contributed by atoms with Gasteiger partial charge in [-0.05, 0) is 85.0 Å². The van der Waals surface area contributed by atoms with Crippen LogP contribution in [0, 0.1) is 6.92 Å². The molecule has 194 valence electrons. The number of carbonyl (C=O) groups is 1. The van der Waals surface area contributed by atoms with E-state index in [1.54, 1.807) is 42.6 Å². The lowest BCUT2D eigenvalue weighted by molar-refractivity contribution is -0.119. The highest BCUT2D eigenvalue weighted by Gasteiger charge is 2.27. The molecule has 1 N–H and O–H groups in total. The fraction of sp³-hybridized carbons (Fsp3) is 0.200. The van der Waals surface area contributed by atoms with Crippen molar-refractivity contribution in [2.45, 2.75) is 31.6 Å². The molecule has 1 amide bonds. The van der Waals surface area contributed by atoms with Crippen molar-refractivity contribution in [3.8, 4) is 5.75 Å². The quantitative estimate of drug-likeness (QED) is 0.245. The number of hydrazone groups is 1. The van der Waals surface area contributed by atoms with E-state index < -0.39 is 22.5 Å². The number of benzene rings is 4. The van der Waals surface area contributed by atoms with Gasteiger partial charge in [-0.2, -0.15) is 5.10 Å². The van der Waals surface area contributed by atoms with Crippen molar-refractivity contribution >= 4 is 38.6 Å². The lowest BCUT2D eigenvalue weighted by Crippen LogP contribution is -2.39. The molecule has 0 saturated carbocycles. The number of anilines is 1. The smallest absolute Gasteiger partial charge is 0.264 e. The highest BCUT2D eigenvalue weighted by atomic mass is 32.2. The molecule has 0 aliphatic heterocycles. The zero-order valence-corrected chi connectivity index (χ0v) is 22.2. The van der Waals surface area contributed by atoms with Crippen molar-refractivity contribution in [3.63, 3.8) is 0 Å². The number of amides is 1. The van der Waals surface area contributed by atoms with Gasteiger partial charge in [0.15, 0.2) is 0 Å². The number of nitrogens with zero attached hydrogens (tertiary/aromatic N) is 2. The van der Waals surface area contributed by atoms with Gasteiger partial charge in [0.25, 0.3) is 15.9 Å². The highest BCUT2D eigenvalue weighted by molar-refractivity contribution is 7.92. The number of sulfonamides is 1. The summed E-state index contributed by atoms with van der Waals surface area (Å²) in [6, 6.07) is 23.5. The monoisotopic (exact) mass is 527 g/mol. The van der Waals surface area contributed by atoms with Gasteiger partial charge in [0.2, 0.25) is 0 Å².